The van der Waals surface area contributed by atoms with Gasteiger partial charge in [-0.1, -0.05) is 0 Å². The van der Waals surface area contributed by atoms with Crippen molar-refractivity contribution in [2.24, 2.45) is 5.41 Å². The normalized spacial score (nSPS) is 23.6. The molecule has 28 heavy (non-hydrogen) atoms. The smallest absolute Gasteiger partial charge is 0.132 e. The van der Waals surface area contributed by atoms with Crippen LogP contribution in [0.4, 0.5) is 5.69 Å². The highest BCUT2D eigenvalue weighted by molar-refractivity contribution is 6.09. The highest BCUT2D eigenvalue weighted by Crippen LogP contribution is 2.41. The van der Waals surface area contributed by atoms with Crippen LogP contribution >= 0.6 is 0 Å². The van der Waals surface area contributed by atoms with E-state index in [0.717, 1.165) is 29.7 Å². The third-order valence-electron chi connectivity index (χ3n) is 6.28. The Morgan fingerprint density at radius 2 is 2.18 bits per heavy atom. The van der Waals surface area contributed by atoms with Crippen molar-refractivity contribution < 1.29 is 14.6 Å². The molecule has 0 bridgehead atoms. The molecule has 1 aromatic rings. The number of nitrogens with one attached hydrogen (secondary N) is 2. The predicted octanol–water partition coefficient (Wildman–Crippen LogP) is 2.59. The van der Waals surface area contributed by atoms with Crippen LogP contribution < -0.4 is 15.0 Å². The molecule has 0 amide bonds. The van der Waals surface area contributed by atoms with E-state index in [-0.39, 0.29) is 12.0 Å². The fourth-order valence-corrected chi connectivity index (χ4v) is 3.86. The van der Waals surface area contributed by atoms with Crippen LogP contribution in [0.5, 0.6) is 5.75 Å². The average Bonchev–Trinajstić information content (AvgIpc) is 3.50. The number of aliphatic hydroxyl groups excluding tert-OH is 1. The van der Waals surface area contributed by atoms with Crippen LogP contribution in [0.3, 0.4) is 0 Å². The lowest BCUT2D eigenvalue weighted by atomic mass is 9.88. The molecule has 1 aliphatic carbocycles. The lowest BCUT2D eigenvalue weighted by Crippen LogP contribution is -2.50. The number of ether oxygens (including phenoxy) is 2. The van der Waals surface area contributed by atoms with E-state index in [2.05, 4.69) is 36.3 Å². The van der Waals surface area contributed by atoms with E-state index in [0.29, 0.717) is 31.9 Å². The molecule has 2 heterocycles. The Bertz CT molecular complexity index is 763. The van der Waals surface area contributed by atoms with Crippen molar-refractivity contribution in [2.45, 2.75) is 44.7 Å². The zero-order valence-corrected chi connectivity index (χ0v) is 16.8. The van der Waals surface area contributed by atoms with E-state index >= 15 is 0 Å². The van der Waals surface area contributed by atoms with Gasteiger partial charge in [0.2, 0.25) is 0 Å². The summed E-state index contributed by atoms with van der Waals surface area (Å²) in [6, 6.07) is 5.24. The molecule has 4 rings (SSSR count). The SMILES string of the molecule is CC1CCc2c(ccc(/C(C=N)=C/NC3CC3)c2OCC2(CO)COC2)N1C. The molecule has 6 heteroatoms. The number of nitrogens with zero attached hydrogens (tertiary/aromatic N) is 1. The Labute approximate surface area is 167 Å². The lowest BCUT2D eigenvalue weighted by Gasteiger charge is -2.40. The first-order valence-corrected chi connectivity index (χ1v) is 10.2. The van der Waals surface area contributed by atoms with Crippen LogP contribution in [0, 0.1) is 10.8 Å². The van der Waals surface area contributed by atoms with Crippen LogP contribution in [0.2, 0.25) is 0 Å². The first kappa shape index (κ1) is 19.3. The van der Waals surface area contributed by atoms with Gasteiger partial charge in [-0.15, -0.1) is 0 Å². The van der Waals surface area contributed by atoms with Gasteiger partial charge in [0.15, 0.2) is 0 Å². The van der Waals surface area contributed by atoms with Gasteiger partial charge < -0.3 is 30.2 Å². The summed E-state index contributed by atoms with van der Waals surface area (Å²) in [7, 11) is 2.13. The second kappa shape index (κ2) is 7.76. The van der Waals surface area contributed by atoms with Crippen molar-refractivity contribution in [3.63, 3.8) is 0 Å². The number of fused-ring (bicyclic) bond motifs is 1. The molecule has 3 N–H and O–H groups in total. The molecule has 0 radical (unpaired) electrons. The van der Waals surface area contributed by atoms with Gasteiger partial charge >= 0.3 is 0 Å². The molecule has 0 spiro atoms. The third-order valence-corrected chi connectivity index (χ3v) is 6.28. The summed E-state index contributed by atoms with van der Waals surface area (Å²) < 4.78 is 11.7. The van der Waals surface area contributed by atoms with Gasteiger partial charge in [-0.2, -0.15) is 0 Å². The highest BCUT2D eigenvalue weighted by atomic mass is 16.5. The first-order chi connectivity index (χ1) is 13.6. The molecule has 3 aliphatic rings. The topological polar surface area (TPSA) is 77.8 Å². The second-order valence-electron chi connectivity index (χ2n) is 8.56. The first-order valence-electron chi connectivity index (χ1n) is 10.2. The monoisotopic (exact) mass is 385 g/mol. The molecule has 2 aliphatic heterocycles. The zero-order valence-electron chi connectivity index (χ0n) is 16.8. The number of hydrogen-bond donors (Lipinski definition) is 3. The average molecular weight is 386 g/mol. The number of anilines is 1. The number of benzene rings is 1. The number of rotatable bonds is 8. The summed E-state index contributed by atoms with van der Waals surface area (Å²) in [6.07, 6.45) is 7.75. The molecule has 6 nitrogen and oxygen atoms in total. The van der Waals surface area contributed by atoms with Crippen molar-refractivity contribution in [1.29, 1.82) is 5.41 Å². The van der Waals surface area contributed by atoms with E-state index in [1.807, 2.05) is 6.20 Å². The van der Waals surface area contributed by atoms with Crippen LogP contribution in [0.25, 0.3) is 5.57 Å². The molecule has 1 unspecified atom stereocenters. The van der Waals surface area contributed by atoms with E-state index in [4.69, 9.17) is 14.9 Å². The molecule has 1 atom stereocenters. The Balaban J connectivity index is 1.69. The molecule has 1 saturated carbocycles. The van der Waals surface area contributed by atoms with Crippen molar-refractivity contribution in [2.75, 3.05) is 38.4 Å². The Morgan fingerprint density at radius 3 is 2.79 bits per heavy atom. The number of allylic oxidation sites excluding steroid dienone is 1. The van der Waals surface area contributed by atoms with Crippen LogP contribution in [-0.2, 0) is 11.2 Å². The summed E-state index contributed by atoms with van der Waals surface area (Å²) in [4.78, 5) is 2.31. The van der Waals surface area contributed by atoms with Crippen LogP contribution in [-0.4, -0.2) is 56.9 Å². The van der Waals surface area contributed by atoms with Crippen molar-refractivity contribution >= 4 is 17.5 Å². The maximum absolute atomic E-state index is 9.78. The quantitative estimate of drug-likeness (QED) is 0.600. The third kappa shape index (κ3) is 3.63. The van der Waals surface area contributed by atoms with Gasteiger partial charge in [0.1, 0.15) is 12.4 Å². The van der Waals surface area contributed by atoms with Crippen LogP contribution in [0.1, 0.15) is 37.3 Å². The summed E-state index contributed by atoms with van der Waals surface area (Å²) in [6.45, 7) is 3.78. The van der Waals surface area contributed by atoms with Gasteiger partial charge in [-0.05, 0) is 44.7 Å². The van der Waals surface area contributed by atoms with Gasteiger partial charge in [-0.25, -0.2) is 0 Å². The van der Waals surface area contributed by atoms with E-state index in [1.54, 1.807) is 0 Å². The van der Waals surface area contributed by atoms with Crippen molar-refractivity contribution in [1.82, 2.24) is 5.32 Å². The van der Waals surface area contributed by atoms with Crippen LogP contribution in [0.15, 0.2) is 18.3 Å². The van der Waals surface area contributed by atoms with Crippen molar-refractivity contribution in [3.8, 4) is 5.75 Å². The fourth-order valence-electron chi connectivity index (χ4n) is 3.86. The fraction of sp³-hybridized carbons (Fsp3) is 0.591. The predicted molar refractivity (Wildman–Crippen MR) is 111 cm³/mol. The Kier molecular flexibility index (Phi) is 5.34. The van der Waals surface area contributed by atoms with Gasteiger partial charge in [0, 0.05) is 53.9 Å². The summed E-state index contributed by atoms with van der Waals surface area (Å²) >= 11 is 0. The molecule has 1 aromatic carbocycles. The van der Waals surface area contributed by atoms with Gasteiger partial charge in [0.25, 0.3) is 0 Å². The minimum atomic E-state index is -0.311. The molecular formula is C22H31N3O3. The zero-order chi connectivity index (χ0) is 19.7. The maximum atomic E-state index is 9.78. The summed E-state index contributed by atoms with van der Waals surface area (Å²) in [5, 5.41) is 21.1. The standard InChI is InChI=1S/C22H31N3O3/c1-15-3-6-19-20(25(15)2)8-7-18(16(9-23)10-24-17-4-5-17)21(19)28-14-22(11-26)12-27-13-22/h7-10,15,17,23-24,26H,3-6,11-14H2,1-2H3/b16-10+,23-9?. The minimum absolute atomic E-state index is 0.0603. The van der Waals surface area contributed by atoms with E-state index in [1.165, 1.54) is 30.3 Å². The Morgan fingerprint density at radius 1 is 1.39 bits per heavy atom. The molecular weight excluding hydrogens is 354 g/mol. The maximum Gasteiger partial charge on any atom is 0.132 e. The highest BCUT2D eigenvalue weighted by Gasteiger charge is 2.39. The van der Waals surface area contributed by atoms with Crippen molar-refractivity contribution in [3.05, 3.63) is 29.5 Å². The number of aliphatic hydroxyl groups is 1. The molecule has 2 fully saturated rings. The molecule has 1 saturated heterocycles. The second-order valence-corrected chi connectivity index (χ2v) is 8.56. The summed E-state index contributed by atoms with van der Waals surface area (Å²) in [5.41, 5.74) is 3.85. The van der Waals surface area contributed by atoms with E-state index in [9.17, 15) is 5.11 Å². The molecule has 152 valence electrons. The minimum Gasteiger partial charge on any atom is -0.492 e. The van der Waals surface area contributed by atoms with E-state index < -0.39 is 0 Å². The van der Waals surface area contributed by atoms with Gasteiger partial charge in [0.05, 0.1) is 25.2 Å². The largest absolute Gasteiger partial charge is 0.492 e. The number of hydrogen-bond acceptors (Lipinski definition) is 6. The lowest BCUT2D eigenvalue weighted by molar-refractivity contribution is -0.153. The summed E-state index contributed by atoms with van der Waals surface area (Å²) in [5.74, 6) is 0.850. The van der Waals surface area contributed by atoms with Gasteiger partial charge in [-0.3, -0.25) is 0 Å². The molecule has 0 aromatic heterocycles. The Hall–Kier alpha value is -2.05.